The highest BCUT2D eigenvalue weighted by molar-refractivity contribution is 6.36. The maximum Gasteiger partial charge on any atom is 0.332 e. The van der Waals surface area contributed by atoms with Crippen LogP contribution in [0.1, 0.15) is 11.1 Å². The molecule has 2 heterocycles. The number of aromatic nitrogens is 4. The van der Waals surface area contributed by atoms with Gasteiger partial charge in [-0.1, -0.05) is 47.5 Å². The quantitative estimate of drug-likeness (QED) is 0.462. The third-order valence-corrected chi connectivity index (χ3v) is 6.06. The average Bonchev–Trinajstić information content (AvgIpc) is 3.12. The summed E-state index contributed by atoms with van der Waals surface area (Å²) in [5.41, 5.74) is 0.591. The van der Waals surface area contributed by atoms with Gasteiger partial charge in [0.1, 0.15) is 5.82 Å². The lowest BCUT2D eigenvalue weighted by Gasteiger charge is -2.12. The van der Waals surface area contributed by atoms with Crippen LogP contribution in [0.15, 0.2) is 52.1 Å². The highest BCUT2D eigenvalue weighted by Gasteiger charge is 2.20. The Morgan fingerprint density at radius 3 is 2.38 bits per heavy atom. The number of hydrogen-bond donors (Lipinski definition) is 1. The summed E-state index contributed by atoms with van der Waals surface area (Å²) < 4.78 is 18.3. The van der Waals surface area contributed by atoms with Crippen LogP contribution in [0.25, 0.3) is 11.2 Å². The van der Waals surface area contributed by atoms with Gasteiger partial charge >= 0.3 is 5.69 Å². The first-order chi connectivity index (χ1) is 15.3. The minimum Gasteiger partial charge on any atom is -0.355 e. The second kappa shape index (κ2) is 8.80. The van der Waals surface area contributed by atoms with Crippen LogP contribution in [0, 0.1) is 5.82 Å². The predicted molar refractivity (Wildman–Crippen MR) is 124 cm³/mol. The van der Waals surface area contributed by atoms with Gasteiger partial charge in [0, 0.05) is 36.2 Å². The average molecular weight is 476 g/mol. The van der Waals surface area contributed by atoms with Gasteiger partial charge in [0.2, 0.25) is 5.95 Å². The van der Waals surface area contributed by atoms with E-state index in [0.29, 0.717) is 34.5 Å². The Balaban J connectivity index is 1.78. The van der Waals surface area contributed by atoms with Crippen molar-refractivity contribution < 1.29 is 4.39 Å². The third-order valence-electron chi connectivity index (χ3n) is 5.35. The summed E-state index contributed by atoms with van der Waals surface area (Å²) >= 11 is 12.5. The summed E-state index contributed by atoms with van der Waals surface area (Å²) in [6.45, 7) is 0.462. The number of fused-ring (bicyclic) bond motifs is 1. The fraction of sp³-hybridized carbons (Fsp3) is 0.227. The van der Waals surface area contributed by atoms with E-state index in [1.54, 1.807) is 41.0 Å². The number of benzene rings is 2. The molecule has 2 aromatic carbocycles. The summed E-state index contributed by atoms with van der Waals surface area (Å²) in [7, 11) is 2.94. The van der Waals surface area contributed by atoms with E-state index in [1.165, 1.54) is 24.7 Å². The molecular formula is C22H20Cl2FN5O2. The first-order valence-corrected chi connectivity index (χ1v) is 10.6. The van der Waals surface area contributed by atoms with Crippen LogP contribution in [-0.2, 0) is 27.1 Å². The second-order valence-electron chi connectivity index (χ2n) is 7.37. The lowest BCUT2D eigenvalue weighted by atomic mass is 10.1. The van der Waals surface area contributed by atoms with Gasteiger partial charge in [-0.15, -0.1) is 0 Å². The molecule has 0 amide bonds. The topological polar surface area (TPSA) is 73.8 Å². The Morgan fingerprint density at radius 1 is 1.00 bits per heavy atom. The van der Waals surface area contributed by atoms with Crippen molar-refractivity contribution in [3.8, 4) is 0 Å². The monoisotopic (exact) mass is 475 g/mol. The molecule has 0 atom stereocenters. The molecule has 0 saturated heterocycles. The summed E-state index contributed by atoms with van der Waals surface area (Å²) in [4.78, 5) is 29.8. The number of imidazole rings is 1. The van der Waals surface area contributed by atoms with Crippen molar-refractivity contribution in [1.82, 2.24) is 18.7 Å². The summed E-state index contributed by atoms with van der Waals surface area (Å²) in [6, 6.07) is 11.6. The van der Waals surface area contributed by atoms with E-state index < -0.39 is 17.1 Å². The number of rotatable bonds is 6. The molecule has 10 heteroatoms. The molecular weight excluding hydrogens is 456 g/mol. The summed E-state index contributed by atoms with van der Waals surface area (Å²) in [5.74, 6) is -0.0606. The van der Waals surface area contributed by atoms with Crippen LogP contribution < -0.4 is 16.6 Å². The molecule has 0 aliphatic rings. The van der Waals surface area contributed by atoms with Gasteiger partial charge in [-0.2, -0.15) is 4.98 Å². The lowest BCUT2D eigenvalue weighted by molar-refractivity contribution is 0.601. The van der Waals surface area contributed by atoms with Gasteiger partial charge < -0.3 is 5.32 Å². The fourth-order valence-corrected chi connectivity index (χ4v) is 4.19. The largest absolute Gasteiger partial charge is 0.355 e. The lowest BCUT2D eigenvalue weighted by Crippen LogP contribution is -2.37. The Kier molecular flexibility index (Phi) is 6.08. The van der Waals surface area contributed by atoms with Crippen molar-refractivity contribution in [3.05, 3.63) is 90.3 Å². The SMILES string of the molecule is Cn1c(=O)c2c(nc(NCCc3c(Cl)cccc3Cl)n2Cc2ccccc2F)n(C)c1=O. The number of halogens is 3. The molecule has 0 saturated carbocycles. The molecule has 4 aromatic rings. The Morgan fingerprint density at radius 2 is 1.69 bits per heavy atom. The summed E-state index contributed by atoms with van der Waals surface area (Å²) in [5, 5.41) is 4.29. The Hall–Kier alpha value is -3.10. The van der Waals surface area contributed by atoms with Crippen LogP contribution in [-0.4, -0.2) is 25.2 Å². The molecule has 166 valence electrons. The van der Waals surface area contributed by atoms with Gasteiger partial charge in [0.15, 0.2) is 11.2 Å². The Labute approximate surface area is 192 Å². The number of aryl methyl sites for hydroxylation is 1. The number of anilines is 1. The molecule has 0 aliphatic heterocycles. The molecule has 0 bridgehead atoms. The van der Waals surface area contributed by atoms with Crippen molar-refractivity contribution >= 4 is 40.3 Å². The van der Waals surface area contributed by atoms with Crippen LogP contribution >= 0.6 is 23.2 Å². The molecule has 0 aliphatic carbocycles. The molecule has 32 heavy (non-hydrogen) atoms. The third kappa shape index (κ3) is 3.91. The van der Waals surface area contributed by atoms with E-state index in [1.807, 2.05) is 0 Å². The first kappa shape index (κ1) is 22.1. The highest BCUT2D eigenvalue weighted by atomic mass is 35.5. The van der Waals surface area contributed by atoms with Crippen LogP contribution in [0.4, 0.5) is 10.3 Å². The van der Waals surface area contributed by atoms with E-state index in [0.717, 1.165) is 10.1 Å². The van der Waals surface area contributed by atoms with Crippen molar-refractivity contribution in [1.29, 1.82) is 0 Å². The number of nitrogens with one attached hydrogen (secondary N) is 1. The zero-order valence-corrected chi connectivity index (χ0v) is 18.9. The van der Waals surface area contributed by atoms with E-state index >= 15 is 0 Å². The van der Waals surface area contributed by atoms with Crippen molar-refractivity contribution in [2.24, 2.45) is 14.1 Å². The van der Waals surface area contributed by atoms with E-state index in [-0.39, 0.29) is 17.7 Å². The minimum atomic E-state index is -0.505. The Bertz CT molecular complexity index is 1420. The number of hydrogen-bond acceptors (Lipinski definition) is 4. The standard InChI is InChI=1S/C22H20Cl2FN5O2/c1-28-19-18(20(31)29(2)22(28)32)30(12-13-6-3-4-9-17(13)25)21(27-19)26-11-10-14-15(23)7-5-8-16(14)24/h3-9H,10-12H2,1-2H3,(H,26,27). The second-order valence-corrected chi connectivity index (χ2v) is 8.18. The van der Waals surface area contributed by atoms with Gasteiger partial charge in [-0.3, -0.25) is 18.5 Å². The zero-order chi connectivity index (χ0) is 23.0. The molecule has 0 spiro atoms. The predicted octanol–water partition coefficient (Wildman–Crippen LogP) is 3.58. The maximum absolute atomic E-state index is 14.4. The van der Waals surface area contributed by atoms with Crippen LogP contribution in [0.3, 0.4) is 0 Å². The van der Waals surface area contributed by atoms with Gasteiger partial charge in [0.25, 0.3) is 5.56 Å². The zero-order valence-electron chi connectivity index (χ0n) is 17.4. The number of nitrogens with zero attached hydrogens (tertiary/aromatic N) is 4. The van der Waals surface area contributed by atoms with E-state index in [2.05, 4.69) is 10.3 Å². The van der Waals surface area contributed by atoms with Gasteiger partial charge in [-0.25, -0.2) is 9.18 Å². The molecule has 7 nitrogen and oxygen atoms in total. The molecule has 0 radical (unpaired) electrons. The summed E-state index contributed by atoms with van der Waals surface area (Å²) in [6.07, 6.45) is 0.498. The van der Waals surface area contributed by atoms with Crippen molar-refractivity contribution in [3.63, 3.8) is 0 Å². The normalized spacial score (nSPS) is 11.3. The van der Waals surface area contributed by atoms with Crippen LogP contribution in [0.5, 0.6) is 0 Å². The van der Waals surface area contributed by atoms with Crippen molar-refractivity contribution in [2.45, 2.75) is 13.0 Å². The first-order valence-electron chi connectivity index (χ1n) is 9.86. The molecule has 4 rings (SSSR count). The smallest absolute Gasteiger partial charge is 0.332 e. The minimum absolute atomic E-state index is 0.0613. The van der Waals surface area contributed by atoms with E-state index in [4.69, 9.17) is 23.2 Å². The van der Waals surface area contributed by atoms with Crippen LogP contribution in [0.2, 0.25) is 10.0 Å². The molecule has 0 fully saturated rings. The van der Waals surface area contributed by atoms with E-state index in [9.17, 15) is 14.0 Å². The highest BCUT2D eigenvalue weighted by Crippen LogP contribution is 2.25. The molecule has 2 aromatic heterocycles. The van der Waals surface area contributed by atoms with Crippen molar-refractivity contribution in [2.75, 3.05) is 11.9 Å². The fourth-order valence-electron chi connectivity index (χ4n) is 3.60. The van der Waals surface area contributed by atoms with Gasteiger partial charge in [-0.05, 0) is 30.2 Å². The molecule has 0 unspecified atom stereocenters. The van der Waals surface area contributed by atoms with Gasteiger partial charge in [0.05, 0.1) is 6.54 Å². The molecule has 1 N–H and O–H groups in total. The maximum atomic E-state index is 14.4.